The van der Waals surface area contributed by atoms with Gasteiger partial charge in [-0.1, -0.05) is 74.2 Å². The van der Waals surface area contributed by atoms with E-state index in [4.69, 9.17) is 29.8 Å². The summed E-state index contributed by atoms with van der Waals surface area (Å²) in [4.78, 5) is 26.3. The predicted molar refractivity (Wildman–Crippen MR) is 280 cm³/mol. The van der Waals surface area contributed by atoms with Gasteiger partial charge in [0.2, 0.25) is 21.8 Å². The van der Waals surface area contributed by atoms with E-state index in [1.165, 1.54) is 35.5 Å². The first-order valence-electron chi connectivity index (χ1n) is 23.1. The van der Waals surface area contributed by atoms with Crippen LogP contribution in [-0.4, -0.2) is 100 Å². The second-order valence-corrected chi connectivity index (χ2v) is 29.0. The molecule has 6 aromatic rings. The van der Waals surface area contributed by atoms with E-state index in [1.54, 1.807) is 114 Å². The number of hydrogen-bond donors (Lipinski definition) is 3. The van der Waals surface area contributed by atoms with Crippen molar-refractivity contribution >= 4 is 51.3 Å². The van der Waals surface area contributed by atoms with Crippen LogP contribution in [0, 0.1) is 0 Å². The normalized spacial score (nSPS) is 12.5. The van der Waals surface area contributed by atoms with Crippen LogP contribution in [-0.2, 0) is 49.0 Å². The number of amides is 2. The predicted octanol–water partition coefficient (Wildman–Crippen LogP) is 8.41. The summed E-state index contributed by atoms with van der Waals surface area (Å²) in [7, 11) is -6.71. The maximum absolute atomic E-state index is 16.1. The Hall–Kier alpha value is -6.81. The van der Waals surface area contributed by atoms with Gasteiger partial charge in [-0.25, -0.2) is 21.6 Å². The number of sulfone groups is 1. The van der Waals surface area contributed by atoms with Crippen LogP contribution in [0.3, 0.4) is 0 Å². The fraction of sp³-hybridized carbons (Fsp3) is 0.353. The number of aromatic nitrogens is 4. The van der Waals surface area contributed by atoms with Crippen molar-refractivity contribution < 1.29 is 45.4 Å². The number of tetrazole rings is 1. The van der Waals surface area contributed by atoms with Crippen LogP contribution in [0.25, 0.3) is 22.5 Å². The van der Waals surface area contributed by atoms with Crippen molar-refractivity contribution in [2.45, 2.75) is 101 Å². The standard InChI is InChI=1S/C51H64N8O10S2Si/c1-34(53-50(61)69-51(2,3)4)30-45(60)54-43-13-11-12-42(47(43)52)41-26-27-44(70(62,63)28-29-72(8,9)10)48(46(41)49-55-57-59(56-49)33-37-18-24-40(68-7)25-19-37)71(64,65)58(31-35-14-20-38(66-5)21-15-35)32-36-16-22-39(67-6)23-17-36/h11-27,34H,28-33,52H2,1-10H3,(H,53,61)(H,54,60). The Morgan fingerprint density at radius 2 is 1.31 bits per heavy atom. The molecule has 0 aliphatic heterocycles. The highest BCUT2D eigenvalue weighted by molar-refractivity contribution is 7.93. The number of benzene rings is 5. The highest BCUT2D eigenvalue weighted by atomic mass is 32.2. The second-order valence-electron chi connectivity index (χ2n) is 19.5. The molecule has 1 heterocycles. The van der Waals surface area contributed by atoms with Crippen molar-refractivity contribution in [1.82, 2.24) is 29.8 Å². The number of anilines is 2. The summed E-state index contributed by atoms with van der Waals surface area (Å²) in [5, 5.41) is 19.0. The number of carbonyl (C=O) groups excluding carboxylic acids is 2. The Balaban J connectivity index is 1.59. The smallest absolute Gasteiger partial charge is 0.407 e. The van der Waals surface area contributed by atoms with Crippen LogP contribution >= 0.6 is 0 Å². The first-order valence-corrected chi connectivity index (χ1v) is 29.9. The minimum atomic E-state index is -4.92. The molecular formula is C51H64N8O10S2Si. The average molecular weight is 1040 g/mol. The van der Waals surface area contributed by atoms with E-state index in [0.717, 1.165) is 5.56 Å². The molecule has 5 aromatic carbocycles. The molecule has 0 saturated heterocycles. The van der Waals surface area contributed by atoms with E-state index in [0.29, 0.717) is 34.4 Å². The van der Waals surface area contributed by atoms with Gasteiger partial charge in [-0.3, -0.25) is 4.79 Å². The minimum Gasteiger partial charge on any atom is -0.497 e. The molecule has 1 atom stereocenters. The topological polar surface area (TPSA) is 236 Å². The number of para-hydroxylation sites is 1. The number of nitrogens with two attached hydrogens (primary N) is 1. The van der Waals surface area contributed by atoms with Gasteiger partial charge in [0.05, 0.1) is 55.5 Å². The van der Waals surface area contributed by atoms with Gasteiger partial charge in [0.25, 0.3) is 0 Å². The summed E-state index contributed by atoms with van der Waals surface area (Å²) < 4.78 is 84.9. The molecule has 0 aliphatic rings. The summed E-state index contributed by atoms with van der Waals surface area (Å²) in [6, 6.07) is 28.3. The minimum absolute atomic E-state index is 0.0245. The number of nitrogen functional groups attached to an aromatic ring is 1. The van der Waals surface area contributed by atoms with Crippen molar-refractivity contribution in [2.75, 3.05) is 38.1 Å². The summed E-state index contributed by atoms with van der Waals surface area (Å²) in [5.41, 5.74) is 8.52. The number of methoxy groups -OCH3 is 3. The quantitative estimate of drug-likeness (QED) is 0.0454. The molecule has 0 aliphatic carbocycles. The lowest BCUT2D eigenvalue weighted by Crippen LogP contribution is -2.39. The number of nitrogens with zero attached hydrogens (tertiary/aromatic N) is 5. The second kappa shape index (κ2) is 22.7. The van der Waals surface area contributed by atoms with Crippen LogP contribution in [0.4, 0.5) is 16.2 Å². The third kappa shape index (κ3) is 14.2. The van der Waals surface area contributed by atoms with Crippen LogP contribution in [0.2, 0.25) is 25.7 Å². The largest absolute Gasteiger partial charge is 0.497 e. The van der Waals surface area contributed by atoms with Crippen molar-refractivity contribution in [3.8, 4) is 39.8 Å². The SMILES string of the molecule is COc1ccc(CN(Cc2ccc(OC)cc2)S(=O)(=O)c2c(S(=O)(=O)CC[Si](C)(C)C)ccc(-c3cccc(NC(=O)CC(C)NC(=O)OC(C)(C)C)c3N)c2-c2nnn(Cc3ccc(OC)cc3)n2)cc1. The van der Waals surface area contributed by atoms with E-state index in [1.807, 2.05) is 31.8 Å². The van der Waals surface area contributed by atoms with Crippen LogP contribution in [0.15, 0.2) is 113 Å². The van der Waals surface area contributed by atoms with Gasteiger partial charge in [0.15, 0.2) is 9.84 Å². The zero-order valence-electron chi connectivity index (χ0n) is 42.3. The summed E-state index contributed by atoms with van der Waals surface area (Å²) in [5.74, 6) is 0.717. The molecule has 0 radical (unpaired) electrons. The molecule has 6 rings (SSSR count). The number of alkyl carbamates (subject to hydrolysis) is 1. The highest BCUT2D eigenvalue weighted by Gasteiger charge is 2.38. The molecule has 0 spiro atoms. The Morgan fingerprint density at radius 1 is 0.764 bits per heavy atom. The number of hydrogen-bond acceptors (Lipinski definition) is 14. The van der Waals surface area contributed by atoms with E-state index < -0.39 is 61.4 Å². The summed E-state index contributed by atoms with van der Waals surface area (Å²) >= 11 is 0. The molecule has 1 aromatic heterocycles. The average Bonchev–Trinajstić information content (AvgIpc) is 3.78. The van der Waals surface area contributed by atoms with Crippen LogP contribution in [0.1, 0.15) is 50.8 Å². The van der Waals surface area contributed by atoms with Gasteiger partial charge in [0, 0.05) is 39.2 Å². The highest BCUT2D eigenvalue weighted by Crippen LogP contribution is 2.44. The summed E-state index contributed by atoms with van der Waals surface area (Å²) in [6.45, 7) is 12.7. The van der Waals surface area contributed by atoms with Gasteiger partial charge in [-0.2, -0.15) is 9.10 Å². The molecule has 4 N–H and O–H groups in total. The molecular weight excluding hydrogens is 977 g/mol. The Labute approximate surface area is 423 Å². The number of carbonyl (C=O) groups is 2. The fourth-order valence-corrected chi connectivity index (χ4v) is 14.3. The Bertz CT molecular complexity index is 3030. The Kier molecular flexibility index (Phi) is 17.2. The summed E-state index contributed by atoms with van der Waals surface area (Å²) in [6.07, 6.45) is -0.838. The molecule has 1 unspecified atom stereocenters. The van der Waals surface area contributed by atoms with Gasteiger partial charge >= 0.3 is 6.09 Å². The van der Waals surface area contributed by atoms with Crippen LogP contribution < -0.4 is 30.6 Å². The number of rotatable bonds is 21. The molecule has 72 heavy (non-hydrogen) atoms. The number of sulfonamides is 1. The van der Waals surface area contributed by atoms with Gasteiger partial charge < -0.3 is 35.3 Å². The molecule has 18 nitrogen and oxygen atoms in total. The zero-order chi connectivity index (χ0) is 52.6. The van der Waals surface area contributed by atoms with Gasteiger partial charge in [-0.15, -0.1) is 10.2 Å². The molecule has 0 fully saturated rings. The van der Waals surface area contributed by atoms with E-state index in [9.17, 15) is 18.0 Å². The lowest BCUT2D eigenvalue weighted by molar-refractivity contribution is -0.116. The fourth-order valence-electron chi connectivity index (χ4n) is 7.54. The maximum Gasteiger partial charge on any atom is 0.407 e. The lowest BCUT2D eigenvalue weighted by Gasteiger charge is -2.27. The Morgan fingerprint density at radius 3 is 1.82 bits per heavy atom. The third-order valence-corrected chi connectivity index (χ3v) is 17.2. The van der Waals surface area contributed by atoms with E-state index in [2.05, 4.69) is 20.9 Å². The monoisotopic (exact) mass is 1040 g/mol. The molecule has 0 saturated carbocycles. The van der Waals surface area contributed by atoms with E-state index in [-0.39, 0.29) is 65.7 Å². The van der Waals surface area contributed by atoms with Crippen molar-refractivity contribution in [2.24, 2.45) is 0 Å². The molecule has 2 amide bonds. The molecule has 384 valence electrons. The van der Waals surface area contributed by atoms with Crippen molar-refractivity contribution in [3.63, 3.8) is 0 Å². The lowest BCUT2D eigenvalue weighted by atomic mass is 9.97. The van der Waals surface area contributed by atoms with Crippen molar-refractivity contribution in [1.29, 1.82) is 0 Å². The maximum atomic E-state index is 16.1. The van der Waals surface area contributed by atoms with Crippen LogP contribution in [0.5, 0.6) is 17.2 Å². The first-order chi connectivity index (χ1) is 33.9. The first kappa shape index (κ1) is 54.5. The number of ether oxygens (including phenoxy) is 4. The van der Waals surface area contributed by atoms with Crippen molar-refractivity contribution in [3.05, 3.63) is 120 Å². The molecule has 21 heteroatoms. The number of nitrogens with one attached hydrogen (secondary N) is 2. The zero-order valence-corrected chi connectivity index (χ0v) is 45.0. The third-order valence-electron chi connectivity index (χ3n) is 11.3. The van der Waals surface area contributed by atoms with Gasteiger partial charge in [0.1, 0.15) is 27.7 Å². The molecule has 0 bridgehead atoms. The van der Waals surface area contributed by atoms with Gasteiger partial charge in [-0.05, 0) is 110 Å². The van der Waals surface area contributed by atoms with E-state index >= 15 is 8.42 Å².